The quantitative estimate of drug-likeness (QED) is 0.616. The number of carbonyl (C=O) groups excluding carboxylic acids is 2. The monoisotopic (exact) mass is 371 g/mol. The number of ether oxygens (including phenoxy) is 2. The Morgan fingerprint density at radius 2 is 1.86 bits per heavy atom. The zero-order valence-electron chi connectivity index (χ0n) is 13.1. The molecule has 5 nitrogen and oxygen atoms in total. The van der Waals surface area contributed by atoms with Gasteiger partial charge in [0.25, 0.3) is 0 Å². The minimum absolute atomic E-state index is 0.250. The van der Waals surface area contributed by atoms with Gasteiger partial charge in [0.2, 0.25) is 0 Å². The van der Waals surface area contributed by atoms with Gasteiger partial charge in [0.05, 0.1) is 0 Å². The molecule has 1 aromatic rings. The lowest BCUT2D eigenvalue weighted by Gasteiger charge is -2.23. The first-order valence-corrected chi connectivity index (χ1v) is 8.20. The van der Waals surface area contributed by atoms with E-state index in [2.05, 4.69) is 21.2 Å². The summed E-state index contributed by atoms with van der Waals surface area (Å²) in [5.41, 5.74) is 0.306. The molecule has 1 atom stereocenters. The highest BCUT2D eigenvalue weighted by Gasteiger charge is 2.25. The summed E-state index contributed by atoms with van der Waals surface area (Å²) in [4.78, 5) is 24.0. The van der Waals surface area contributed by atoms with Gasteiger partial charge in [-0.1, -0.05) is 46.3 Å². The predicted molar refractivity (Wildman–Crippen MR) is 88.1 cm³/mol. The molecule has 0 spiro atoms. The molecule has 122 valence electrons. The molecule has 1 amide bonds. The number of alkyl carbamates (subject to hydrolysis) is 1. The summed E-state index contributed by atoms with van der Waals surface area (Å²) >= 11 is 3.20. The van der Waals surface area contributed by atoms with Crippen LogP contribution in [0.2, 0.25) is 0 Å². The van der Waals surface area contributed by atoms with Crippen LogP contribution in [0, 0.1) is 0 Å². The van der Waals surface area contributed by atoms with Gasteiger partial charge < -0.3 is 14.8 Å². The van der Waals surface area contributed by atoms with Crippen molar-refractivity contribution in [1.82, 2.24) is 5.32 Å². The lowest BCUT2D eigenvalue weighted by Crippen LogP contribution is -2.45. The smallest absolute Gasteiger partial charge is 0.408 e. The number of carbonyl (C=O) groups is 2. The molecule has 22 heavy (non-hydrogen) atoms. The van der Waals surface area contributed by atoms with Crippen molar-refractivity contribution in [3.8, 4) is 0 Å². The fourth-order valence-corrected chi connectivity index (χ4v) is 1.89. The summed E-state index contributed by atoms with van der Waals surface area (Å²) < 4.78 is 10.3. The van der Waals surface area contributed by atoms with E-state index in [4.69, 9.17) is 9.47 Å². The Labute approximate surface area is 139 Å². The third-order valence-electron chi connectivity index (χ3n) is 2.58. The molecule has 0 fully saturated rings. The zero-order valence-corrected chi connectivity index (χ0v) is 14.7. The van der Waals surface area contributed by atoms with Crippen LogP contribution in [0.1, 0.15) is 26.3 Å². The van der Waals surface area contributed by atoms with Crippen molar-refractivity contribution >= 4 is 28.0 Å². The highest BCUT2D eigenvalue weighted by Crippen LogP contribution is 2.09. The Hall–Kier alpha value is -1.56. The van der Waals surface area contributed by atoms with Crippen LogP contribution in [0.25, 0.3) is 0 Å². The molecule has 0 aliphatic carbocycles. The van der Waals surface area contributed by atoms with Gasteiger partial charge in [0.15, 0.2) is 0 Å². The van der Waals surface area contributed by atoms with Crippen LogP contribution in [-0.4, -0.2) is 35.6 Å². The number of benzene rings is 1. The molecule has 0 radical (unpaired) electrons. The van der Waals surface area contributed by atoms with Gasteiger partial charge in [-0.2, -0.15) is 0 Å². The SMILES string of the molecule is CC(C)(C)OC(=O)N[C@@H](Cc1ccccc1)C(=O)OCCBr. The Morgan fingerprint density at radius 1 is 1.23 bits per heavy atom. The van der Waals surface area contributed by atoms with Gasteiger partial charge in [-0.25, -0.2) is 9.59 Å². The molecule has 0 saturated carbocycles. The van der Waals surface area contributed by atoms with Gasteiger partial charge in [-0.3, -0.25) is 0 Å². The first-order chi connectivity index (χ1) is 10.3. The summed E-state index contributed by atoms with van der Waals surface area (Å²) in [5, 5.41) is 3.12. The minimum atomic E-state index is -0.781. The predicted octanol–water partition coefficient (Wildman–Crippen LogP) is 3.06. The molecule has 0 aromatic heterocycles. The molecule has 0 unspecified atom stereocenters. The third kappa shape index (κ3) is 7.45. The first kappa shape index (κ1) is 18.5. The van der Waals surface area contributed by atoms with Crippen molar-refractivity contribution in [1.29, 1.82) is 0 Å². The van der Waals surface area contributed by atoms with Crippen molar-refractivity contribution < 1.29 is 19.1 Å². The largest absolute Gasteiger partial charge is 0.463 e. The first-order valence-electron chi connectivity index (χ1n) is 7.08. The molecule has 0 bridgehead atoms. The lowest BCUT2D eigenvalue weighted by atomic mass is 10.1. The number of halogens is 1. The molecule has 0 aliphatic heterocycles. The van der Waals surface area contributed by atoms with Gasteiger partial charge in [-0.05, 0) is 26.3 Å². The molecule has 6 heteroatoms. The standard InChI is InChI=1S/C16H22BrNO4/c1-16(2,3)22-15(20)18-13(14(19)21-10-9-17)11-12-7-5-4-6-8-12/h4-8,13H,9-11H2,1-3H3,(H,18,20)/t13-/m0/s1. The van der Waals surface area contributed by atoms with E-state index < -0.39 is 23.7 Å². The molecular weight excluding hydrogens is 350 g/mol. The summed E-state index contributed by atoms with van der Waals surface area (Å²) in [5.74, 6) is -0.478. The van der Waals surface area contributed by atoms with Crippen LogP contribution in [0.5, 0.6) is 0 Å². The topological polar surface area (TPSA) is 64.6 Å². The second-order valence-electron chi connectivity index (χ2n) is 5.75. The van der Waals surface area contributed by atoms with Crippen LogP contribution >= 0.6 is 15.9 Å². The third-order valence-corrected chi connectivity index (χ3v) is 2.90. The van der Waals surface area contributed by atoms with E-state index in [-0.39, 0.29) is 6.61 Å². The van der Waals surface area contributed by atoms with E-state index in [9.17, 15) is 9.59 Å². The van der Waals surface area contributed by atoms with Crippen molar-refractivity contribution in [3.63, 3.8) is 0 Å². The van der Waals surface area contributed by atoms with Crippen molar-refractivity contribution in [2.24, 2.45) is 0 Å². The maximum absolute atomic E-state index is 12.1. The van der Waals surface area contributed by atoms with E-state index in [0.29, 0.717) is 11.8 Å². The highest BCUT2D eigenvalue weighted by molar-refractivity contribution is 9.09. The van der Waals surface area contributed by atoms with Crippen molar-refractivity contribution in [2.45, 2.75) is 38.8 Å². The molecule has 1 N–H and O–H groups in total. The second-order valence-corrected chi connectivity index (χ2v) is 6.54. The Morgan fingerprint density at radius 3 is 2.41 bits per heavy atom. The van der Waals surface area contributed by atoms with Gasteiger partial charge in [-0.15, -0.1) is 0 Å². The minimum Gasteiger partial charge on any atom is -0.463 e. The Bertz CT molecular complexity index is 485. The maximum Gasteiger partial charge on any atom is 0.408 e. The van der Waals surface area contributed by atoms with Crippen LogP contribution in [0.15, 0.2) is 30.3 Å². The van der Waals surface area contributed by atoms with Gasteiger partial charge >= 0.3 is 12.1 Å². The molecular formula is C16H22BrNO4. The number of hydrogen-bond donors (Lipinski definition) is 1. The van der Waals surface area contributed by atoms with E-state index in [1.165, 1.54) is 0 Å². The van der Waals surface area contributed by atoms with E-state index >= 15 is 0 Å². The number of rotatable bonds is 6. The zero-order chi connectivity index (χ0) is 16.6. The number of amides is 1. The Balaban J connectivity index is 2.73. The molecule has 1 aromatic carbocycles. The highest BCUT2D eigenvalue weighted by atomic mass is 79.9. The maximum atomic E-state index is 12.1. The fraction of sp³-hybridized carbons (Fsp3) is 0.500. The fourth-order valence-electron chi connectivity index (χ4n) is 1.73. The van der Waals surface area contributed by atoms with E-state index in [0.717, 1.165) is 5.56 Å². The van der Waals surface area contributed by atoms with Crippen LogP contribution in [0.4, 0.5) is 4.79 Å². The number of alkyl halides is 1. The average Bonchev–Trinajstić information content (AvgIpc) is 2.43. The van der Waals surface area contributed by atoms with Crippen molar-refractivity contribution in [3.05, 3.63) is 35.9 Å². The average molecular weight is 372 g/mol. The van der Waals surface area contributed by atoms with Gasteiger partial charge in [0, 0.05) is 11.8 Å². The second kappa shape index (κ2) is 8.78. The van der Waals surface area contributed by atoms with E-state index in [1.54, 1.807) is 20.8 Å². The number of hydrogen-bond acceptors (Lipinski definition) is 4. The molecule has 0 heterocycles. The number of esters is 1. The molecule has 0 aliphatic rings. The number of nitrogens with one attached hydrogen (secondary N) is 1. The summed E-state index contributed by atoms with van der Waals surface area (Å²) in [6.07, 6.45) is -0.287. The van der Waals surface area contributed by atoms with Crippen LogP contribution in [0.3, 0.4) is 0 Å². The van der Waals surface area contributed by atoms with Crippen LogP contribution < -0.4 is 5.32 Å². The van der Waals surface area contributed by atoms with Crippen molar-refractivity contribution in [2.75, 3.05) is 11.9 Å². The van der Waals surface area contributed by atoms with E-state index in [1.807, 2.05) is 30.3 Å². The lowest BCUT2D eigenvalue weighted by molar-refractivity contribution is -0.145. The molecule has 1 rings (SSSR count). The summed E-state index contributed by atoms with van der Waals surface area (Å²) in [6, 6.07) is 8.65. The van der Waals surface area contributed by atoms with Crippen LogP contribution in [-0.2, 0) is 20.7 Å². The Kier molecular flexibility index (Phi) is 7.38. The summed E-state index contributed by atoms with van der Waals surface area (Å²) in [7, 11) is 0. The van der Waals surface area contributed by atoms with Gasteiger partial charge in [0.1, 0.15) is 18.2 Å². The molecule has 0 saturated heterocycles. The summed E-state index contributed by atoms with van der Waals surface area (Å²) in [6.45, 7) is 5.55. The normalized spacial score (nSPS) is 12.4.